The second-order valence-corrected chi connectivity index (χ2v) is 17.3. The van der Waals surface area contributed by atoms with Gasteiger partial charge in [0.15, 0.2) is 0 Å². The third kappa shape index (κ3) is 8.54. The van der Waals surface area contributed by atoms with Crippen molar-refractivity contribution in [3.05, 3.63) is 28.8 Å². The second-order valence-electron chi connectivity index (χ2n) is 13.5. The van der Waals surface area contributed by atoms with Gasteiger partial charge in [-0.25, -0.2) is 9.49 Å². The van der Waals surface area contributed by atoms with Crippen molar-refractivity contribution in [1.29, 1.82) is 0 Å². The highest BCUT2D eigenvalue weighted by Crippen LogP contribution is 2.51. The fraction of sp³-hybridized carbons (Fsp3) is 0.769. The van der Waals surface area contributed by atoms with Gasteiger partial charge >= 0.3 is 0 Å². The van der Waals surface area contributed by atoms with Crippen LogP contribution < -0.4 is 0 Å². The molecule has 172 valence electrons. The molecule has 0 radical (unpaired) electrons. The number of nitrogens with zero attached hydrogens (tertiary/aromatic N) is 2. The molecule has 1 aromatic rings. The summed E-state index contributed by atoms with van der Waals surface area (Å²) in [6, 6.07) is 4.81. The molecule has 0 aliphatic rings. The SMILES string of the molecule is CC(C)(C)N=P(=Nc1c(C(C)(C)C)cc(C(C)(C)C)cc1C(C)(C)C)SC(C)(C)C. The smallest absolute Gasteiger partial charge is 0.126 e. The molecule has 0 fully saturated rings. The topological polar surface area (TPSA) is 24.7 Å². The maximum atomic E-state index is 5.45. The number of hydrogen-bond donors (Lipinski definition) is 0. The van der Waals surface area contributed by atoms with Crippen LogP contribution in [0.3, 0.4) is 0 Å². The second kappa shape index (κ2) is 8.78. The summed E-state index contributed by atoms with van der Waals surface area (Å²) in [5.41, 5.74) is 5.24. The third-order valence-corrected chi connectivity index (χ3v) is 8.99. The third-order valence-electron chi connectivity index (χ3n) is 4.52. The van der Waals surface area contributed by atoms with E-state index in [2.05, 4.69) is 116 Å². The maximum absolute atomic E-state index is 5.45. The van der Waals surface area contributed by atoms with E-state index in [4.69, 9.17) is 9.49 Å². The summed E-state index contributed by atoms with van der Waals surface area (Å²) in [5, 5.41) is 0. The fourth-order valence-electron chi connectivity index (χ4n) is 2.97. The first-order valence-corrected chi connectivity index (χ1v) is 13.8. The normalized spacial score (nSPS) is 15.1. The van der Waals surface area contributed by atoms with E-state index in [1.165, 1.54) is 22.4 Å². The predicted octanol–water partition coefficient (Wildman–Crippen LogP) is 10.3. The van der Waals surface area contributed by atoms with Crippen LogP contribution in [0.15, 0.2) is 21.6 Å². The lowest BCUT2D eigenvalue weighted by molar-refractivity contribution is 0.550. The summed E-state index contributed by atoms with van der Waals surface area (Å²) >= 11 is 1.90. The van der Waals surface area contributed by atoms with Crippen LogP contribution >= 0.6 is 18.1 Å². The number of benzene rings is 1. The van der Waals surface area contributed by atoms with Crippen molar-refractivity contribution in [1.82, 2.24) is 0 Å². The molecule has 0 bridgehead atoms. The average molecular weight is 451 g/mol. The van der Waals surface area contributed by atoms with Gasteiger partial charge < -0.3 is 0 Å². The van der Waals surface area contributed by atoms with Crippen molar-refractivity contribution in [2.75, 3.05) is 0 Å². The number of hydrogen-bond acceptors (Lipinski definition) is 3. The van der Waals surface area contributed by atoms with E-state index in [9.17, 15) is 0 Å². The molecule has 1 aromatic carbocycles. The van der Waals surface area contributed by atoms with Gasteiger partial charge in [-0.05, 0) is 53.7 Å². The zero-order valence-corrected chi connectivity index (χ0v) is 24.1. The average Bonchev–Trinajstić information content (AvgIpc) is 2.39. The first-order valence-electron chi connectivity index (χ1n) is 11.1. The first-order chi connectivity index (χ1) is 13.0. The molecular formula is C26H47N2PS. The van der Waals surface area contributed by atoms with Gasteiger partial charge in [0, 0.05) is 4.75 Å². The molecule has 0 heterocycles. The van der Waals surface area contributed by atoms with Crippen LogP contribution in [0.1, 0.15) is 121 Å². The van der Waals surface area contributed by atoms with Crippen molar-refractivity contribution in [2.24, 2.45) is 9.49 Å². The lowest BCUT2D eigenvalue weighted by Gasteiger charge is -2.32. The van der Waals surface area contributed by atoms with Gasteiger partial charge in [-0.2, -0.15) is 0 Å². The highest BCUT2D eigenvalue weighted by Gasteiger charge is 2.29. The van der Waals surface area contributed by atoms with Crippen molar-refractivity contribution >= 4 is 23.8 Å². The molecule has 1 atom stereocenters. The van der Waals surface area contributed by atoms with E-state index in [0.29, 0.717) is 0 Å². The zero-order chi connectivity index (χ0) is 23.9. The van der Waals surface area contributed by atoms with Gasteiger partial charge in [0.1, 0.15) is 6.71 Å². The molecule has 2 nitrogen and oxygen atoms in total. The predicted molar refractivity (Wildman–Crippen MR) is 141 cm³/mol. The molecule has 1 rings (SSSR count). The Morgan fingerprint density at radius 2 is 1.03 bits per heavy atom. The lowest BCUT2D eigenvalue weighted by Crippen LogP contribution is -2.21. The van der Waals surface area contributed by atoms with Crippen molar-refractivity contribution in [3.8, 4) is 0 Å². The van der Waals surface area contributed by atoms with E-state index < -0.39 is 6.71 Å². The molecular weight excluding hydrogens is 403 g/mol. The standard InChI is InChI=1S/C26H47N2PS/c1-22(2,3)18-16-19(23(4,5)6)21(20(17-18)24(7,8)9)27-29(28-25(10,11)12)30-26(13,14)15/h16-17H,1-15H3. The molecule has 30 heavy (non-hydrogen) atoms. The summed E-state index contributed by atoms with van der Waals surface area (Å²) in [5.74, 6) is 0. The highest BCUT2D eigenvalue weighted by molar-refractivity contribution is 8.49. The molecule has 0 aliphatic heterocycles. The van der Waals surface area contributed by atoms with Crippen LogP contribution in [0.25, 0.3) is 0 Å². The van der Waals surface area contributed by atoms with Crippen LogP contribution in [-0.2, 0) is 16.2 Å². The Morgan fingerprint density at radius 1 is 0.633 bits per heavy atom. The molecule has 0 N–H and O–H groups in total. The quantitative estimate of drug-likeness (QED) is 0.411. The van der Waals surface area contributed by atoms with E-state index in [-0.39, 0.29) is 26.5 Å². The zero-order valence-electron chi connectivity index (χ0n) is 22.4. The van der Waals surface area contributed by atoms with Gasteiger partial charge in [-0.3, -0.25) is 0 Å². The van der Waals surface area contributed by atoms with E-state index in [1.54, 1.807) is 0 Å². The Labute approximate surface area is 192 Å². The molecule has 0 spiro atoms. The largest absolute Gasteiger partial charge is 0.241 e. The molecule has 4 heteroatoms. The van der Waals surface area contributed by atoms with E-state index >= 15 is 0 Å². The molecule has 0 saturated carbocycles. The summed E-state index contributed by atoms with van der Waals surface area (Å²) in [6.07, 6.45) is 0. The van der Waals surface area contributed by atoms with Crippen molar-refractivity contribution in [2.45, 2.75) is 130 Å². The minimum Gasteiger partial charge on any atom is -0.241 e. The summed E-state index contributed by atoms with van der Waals surface area (Å²) in [4.78, 5) is 0. The van der Waals surface area contributed by atoms with Gasteiger partial charge in [-0.1, -0.05) is 107 Å². The Bertz CT molecular complexity index is 804. The van der Waals surface area contributed by atoms with E-state index in [1.807, 2.05) is 11.4 Å². The maximum Gasteiger partial charge on any atom is 0.126 e. The Hall–Kier alpha value is -0.530. The van der Waals surface area contributed by atoms with Gasteiger partial charge in [0.2, 0.25) is 0 Å². The van der Waals surface area contributed by atoms with Crippen molar-refractivity contribution < 1.29 is 0 Å². The van der Waals surface area contributed by atoms with Crippen molar-refractivity contribution in [3.63, 3.8) is 0 Å². The highest BCUT2D eigenvalue weighted by atomic mass is 32.7. The van der Waals surface area contributed by atoms with Crippen LogP contribution in [0.4, 0.5) is 5.69 Å². The van der Waals surface area contributed by atoms with Crippen LogP contribution in [0.2, 0.25) is 0 Å². The van der Waals surface area contributed by atoms with Gasteiger partial charge in [0.05, 0.1) is 11.2 Å². The fourth-order valence-corrected chi connectivity index (χ4v) is 7.18. The van der Waals surface area contributed by atoms with Crippen LogP contribution in [-0.4, -0.2) is 10.3 Å². The number of rotatable bonds is 2. The van der Waals surface area contributed by atoms with Gasteiger partial charge in [-0.15, -0.1) is 0 Å². The first kappa shape index (κ1) is 27.5. The molecule has 0 aromatic heterocycles. The molecule has 0 amide bonds. The van der Waals surface area contributed by atoms with Gasteiger partial charge in [0.25, 0.3) is 0 Å². The van der Waals surface area contributed by atoms with E-state index in [0.717, 1.165) is 0 Å². The Morgan fingerprint density at radius 3 is 1.30 bits per heavy atom. The Kier molecular flexibility index (Phi) is 8.05. The van der Waals surface area contributed by atoms with Crippen LogP contribution in [0.5, 0.6) is 0 Å². The minimum atomic E-state index is -0.911. The minimum absolute atomic E-state index is 0.00916. The molecule has 0 saturated heterocycles. The summed E-state index contributed by atoms with van der Waals surface area (Å²) in [7, 11) is 0. The monoisotopic (exact) mass is 450 g/mol. The Balaban J connectivity index is 4.11. The molecule has 0 aliphatic carbocycles. The summed E-state index contributed by atoms with van der Waals surface area (Å²) < 4.78 is 10.7. The van der Waals surface area contributed by atoms with Crippen LogP contribution in [0, 0.1) is 0 Å². The molecule has 1 unspecified atom stereocenters. The lowest BCUT2D eigenvalue weighted by atomic mass is 9.74. The summed E-state index contributed by atoms with van der Waals surface area (Å²) in [6.45, 7) is 33.2.